The molecule has 0 aliphatic heterocycles. The molecular formula is C14H21NO4. The predicted molar refractivity (Wildman–Crippen MR) is 72.8 cm³/mol. The number of hydrogen-bond donors (Lipinski definition) is 1. The third kappa shape index (κ3) is 3.17. The van der Waals surface area contributed by atoms with Gasteiger partial charge >= 0.3 is 0 Å². The fraction of sp³-hybridized carbons (Fsp3) is 0.500. The van der Waals surface area contributed by atoms with E-state index in [-0.39, 0.29) is 12.5 Å². The normalized spacial score (nSPS) is 11.1. The first-order valence-electron chi connectivity index (χ1n) is 5.98. The summed E-state index contributed by atoms with van der Waals surface area (Å²) in [5.74, 6) is 0.834. The average Bonchev–Trinajstić information content (AvgIpc) is 2.44. The van der Waals surface area contributed by atoms with Crippen LogP contribution >= 0.6 is 0 Å². The molecule has 19 heavy (non-hydrogen) atoms. The maximum Gasteiger partial charge on any atom is 0.258 e. The molecule has 1 amide bonds. The molecule has 1 aromatic carbocycles. The second-order valence-electron chi connectivity index (χ2n) is 4.90. The van der Waals surface area contributed by atoms with Crippen molar-refractivity contribution in [3.8, 4) is 11.5 Å². The van der Waals surface area contributed by atoms with Crippen molar-refractivity contribution in [2.45, 2.75) is 19.4 Å². The lowest BCUT2D eigenvalue weighted by atomic mass is 10.0. The van der Waals surface area contributed by atoms with Crippen molar-refractivity contribution in [1.82, 2.24) is 4.90 Å². The third-order valence-electron chi connectivity index (χ3n) is 3.24. The summed E-state index contributed by atoms with van der Waals surface area (Å²) in [6.45, 7) is 3.45. The van der Waals surface area contributed by atoms with E-state index in [1.165, 1.54) is 19.1 Å². The van der Waals surface area contributed by atoms with Gasteiger partial charge in [0.05, 0.1) is 31.9 Å². The van der Waals surface area contributed by atoms with E-state index < -0.39 is 5.54 Å². The summed E-state index contributed by atoms with van der Waals surface area (Å²) in [6, 6.07) is 5.05. The highest BCUT2D eigenvalue weighted by atomic mass is 16.5. The topological polar surface area (TPSA) is 59.0 Å². The molecular weight excluding hydrogens is 246 g/mol. The number of rotatable bonds is 5. The van der Waals surface area contributed by atoms with Crippen molar-refractivity contribution < 1.29 is 19.4 Å². The van der Waals surface area contributed by atoms with Gasteiger partial charge in [-0.3, -0.25) is 4.79 Å². The Hall–Kier alpha value is -1.75. The second-order valence-corrected chi connectivity index (χ2v) is 4.90. The zero-order valence-corrected chi connectivity index (χ0v) is 12.1. The summed E-state index contributed by atoms with van der Waals surface area (Å²) in [5.41, 5.74) is -0.239. The van der Waals surface area contributed by atoms with Crippen LogP contribution in [0.15, 0.2) is 18.2 Å². The summed E-state index contributed by atoms with van der Waals surface area (Å²) >= 11 is 0. The molecule has 0 bridgehead atoms. The van der Waals surface area contributed by atoms with Gasteiger partial charge in [-0.15, -0.1) is 0 Å². The number of ether oxygens (including phenoxy) is 2. The Morgan fingerprint density at radius 2 is 1.95 bits per heavy atom. The van der Waals surface area contributed by atoms with Gasteiger partial charge in [-0.25, -0.2) is 0 Å². The smallest absolute Gasteiger partial charge is 0.258 e. The maximum absolute atomic E-state index is 12.5. The number of carbonyl (C=O) groups is 1. The van der Waals surface area contributed by atoms with Gasteiger partial charge in [0, 0.05) is 7.05 Å². The molecule has 0 heterocycles. The Bertz CT molecular complexity index is 457. The number of hydrogen-bond acceptors (Lipinski definition) is 4. The van der Waals surface area contributed by atoms with Crippen molar-refractivity contribution in [1.29, 1.82) is 0 Å². The molecule has 5 nitrogen and oxygen atoms in total. The highest BCUT2D eigenvalue weighted by molar-refractivity contribution is 5.97. The van der Waals surface area contributed by atoms with Crippen molar-refractivity contribution in [2.24, 2.45) is 0 Å². The molecule has 0 aliphatic carbocycles. The van der Waals surface area contributed by atoms with Crippen LogP contribution in [0.3, 0.4) is 0 Å². The number of carbonyl (C=O) groups excluding carboxylic acids is 1. The minimum Gasteiger partial charge on any atom is -0.497 e. The lowest BCUT2D eigenvalue weighted by molar-refractivity contribution is 0.0470. The van der Waals surface area contributed by atoms with Crippen LogP contribution in [-0.2, 0) is 0 Å². The number of likely N-dealkylation sites (N-methyl/N-ethyl adjacent to an activating group) is 1. The zero-order valence-electron chi connectivity index (χ0n) is 12.1. The summed E-state index contributed by atoms with van der Waals surface area (Å²) in [4.78, 5) is 14.0. The van der Waals surface area contributed by atoms with Crippen LogP contribution in [0.25, 0.3) is 0 Å². The van der Waals surface area contributed by atoms with Gasteiger partial charge in [-0.1, -0.05) is 0 Å². The monoisotopic (exact) mass is 267 g/mol. The van der Waals surface area contributed by atoms with Gasteiger partial charge in [0.2, 0.25) is 0 Å². The van der Waals surface area contributed by atoms with E-state index in [0.717, 1.165) is 0 Å². The number of aliphatic hydroxyl groups is 1. The number of methoxy groups -OCH3 is 2. The largest absolute Gasteiger partial charge is 0.497 e. The van der Waals surface area contributed by atoms with Crippen LogP contribution in [0.2, 0.25) is 0 Å². The van der Waals surface area contributed by atoms with E-state index in [0.29, 0.717) is 17.1 Å². The molecule has 0 saturated carbocycles. The van der Waals surface area contributed by atoms with Gasteiger partial charge in [0.25, 0.3) is 5.91 Å². The molecule has 0 unspecified atom stereocenters. The Morgan fingerprint density at radius 3 is 2.42 bits per heavy atom. The minimum atomic E-state index is -0.648. The lowest BCUT2D eigenvalue weighted by Gasteiger charge is -2.34. The zero-order chi connectivity index (χ0) is 14.6. The van der Waals surface area contributed by atoms with E-state index in [2.05, 4.69) is 0 Å². The summed E-state index contributed by atoms with van der Waals surface area (Å²) in [6.07, 6.45) is 0. The highest BCUT2D eigenvalue weighted by Crippen LogP contribution is 2.26. The number of nitrogens with zero attached hydrogens (tertiary/aromatic N) is 1. The third-order valence-corrected chi connectivity index (χ3v) is 3.24. The van der Waals surface area contributed by atoms with E-state index in [1.807, 2.05) is 0 Å². The first kappa shape index (κ1) is 15.3. The van der Waals surface area contributed by atoms with Crippen molar-refractivity contribution in [3.05, 3.63) is 23.8 Å². The quantitative estimate of drug-likeness (QED) is 0.879. The van der Waals surface area contributed by atoms with Crippen molar-refractivity contribution in [3.63, 3.8) is 0 Å². The summed E-state index contributed by atoms with van der Waals surface area (Å²) < 4.78 is 10.3. The maximum atomic E-state index is 12.5. The van der Waals surface area contributed by atoms with Crippen LogP contribution in [0.5, 0.6) is 11.5 Å². The molecule has 0 aliphatic rings. The van der Waals surface area contributed by atoms with Gasteiger partial charge in [-0.05, 0) is 32.0 Å². The minimum absolute atomic E-state index is 0.123. The molecule has 1 aromatic rings. The molecule has 5 heteroatoms. The van der Waals surface area contributed by atoms with Crippen molar-refractivity contribution in [2.75, 3.05) is 27.9 Å². The van der Waals surface area contributed by atoms with Crippen LogP contribution in [0.1, 0.15) is 24.2 Å². The SMILES string of the molecule is COc1ccc(OC)c(C(=O)N(C)C(C)(C)CO)c1. The lowest BCUT2D eigenvalue weighted by Crippen LogP contribution is -2.47. The molecule has 106 valence electrons. The van der Waals surface area contributed by atoms with Gasteiger partial charge < -0.3 is 19.5 Å². The molecule has 0 saturated heterocycles. The fourth-order valence-electron chi connectivity index (χ4n) is 1.54. The molecule has 1 rings (SSSR count). The molecule has 0 aromatic heterocycles. The molecule has 0 atom stereocenters. The Balaban J connectivity index is 3.17. The second kappa shape index (κ2) is 5.93. The van der Waals surface area contributed by atoms with Gasteiger partial charge in [0.1, 0.15) is 11.5 Å². The molecule has 0 radical (unpaired) electrons. The summed E-state index contributed by atoms with van der Waals surface area (Å²) in [7, 11) is 4.70. The van der Waals surface area contributed by atoms with E-state index in [9.17, 15) is 9.90 Å². The first-order valence-corrected chi connectivity index (χ1v) is 5.98. The van der Waals surface area contributed by atoms with Gasteiger partial charge in [0.15, 0.2) is 0 Å². The van der Waals surface area contributed by atoms with E-state index in [1.54, 1.807) is 39.1 Å². The Kier molecular flexibility index (Phi) is 4.78. The highest BCUT2D eigenvalue weighted by Gasteiger charge is 2.29. The van der Waals surface area contributed by atoms with Crippen LogP contribution in [0, 0.1) is 0 Å². The summed E-state index contributed by atoms with van der Waals surface area (Å²) in [5, 5.41) is 9.34. The standard InChI is InChI=1S/C14H21NO4/c1-14(2,9-16)15(3)13(17)11-8-10(18-4)6-7-12(11)19-5/h6-8,16H,9H2,1-5H3. The van der Waals surface area contributed by atoms with Gasteiger partial charge in [-0.2, -0.15) is 0 Å². The van der Waals surface area contributed by atoms with E-state index in [4.69, 9.17) is 9.47 Å². The molecule has 1 N–H and O–H groups in total. The number of benzene rings is 1. The van der Waals surface area contributed by atoms with Crippen LogP contribution in [-0.4, -0.2) is 49.3 Å². The van der Waals surface area contributed by atoms with Crippen LogP contribution < -0.4 is 9.47 Å². The number of aliphatic hydroxyl groups excluding tert-OH is 1. The van der Waals surface area contributed by atoms with Crippen molar-refractivity contribution >= 4 is 5.91 Å². The van der Waals surface area contributed by atoms with E-state index >= 15 is 0 Å². The fourth-order valence-corrected chi connectivity index (χ4v) is 1.54. The average molecular weight is 267 g/mol. The Morgan fingerprint density at radius 1 is 1.32 bits per heavy atom. The number of amides is 1. The Labute approximate surface area is 113 Å². The molecule has 0 fully saturated rings. The predicted octanol–water partition coefficient (Wildman–Crippen LogP) is 1.55. The first-order chi connectivity index (χ1) is 8.87. The molecule has 0 spiro atoms. The van der Waals surface area contributed by atoms with Crippen LogP contribution in [0.4, 0.5) is 0 Å².